The van der Waals surface area contributed by atoms with E-state index < -0.39 is 7.92 Å². The van der Waals surface area contributed by atoms with Crippen LogP contribution in [0.15, 0.2) is 126 Å². The highest BCUT2D eigenvalue weighted by Gasteiger charge is 2.43. The highest BCUT2D eigenvalue weighted by molar-refractivity contribution is 7.73. The first-order chi connectivity index (χ1) is 17.4. The summed E-state index contributed by atoms with van der Waals surface area (Å²) < 4.78 is 6.81. The Morgan fingerprint density at radius 3 is 1.69 bits per heavy atom. The van der Waals surface area contributed by atoms with Gasteiger partial charge in [0.15, 0.2) is 12.0 Å². The van der Waals surface area contributed by atoms with Crippen LogP contribution in [0.3, 0.4) is 0 Å². The monoisotopic (exact) mass is 475 g/mol. The summed E-state index contributed by atoms with van der Waals surface area (Å²) in [7, 11) is -0.505. The zero-order valence-corrected chi connectivity index (χ0v) is 20.7. The first-order valence-electron chi connectivity index (χ1n) is 12.6. The van der Waals surface area contributed by atoms with E-state index >= 15 is 0 Å². The number of aliphatic imine (C=N–C) groups is 1. The minimum absolute atomic E-state index is 0.00507. The van der Waals surface area contributed by atoms with Gasteiger partial charge in [0.05, 0.1) is 0 Å². The van der Waals surface area contributed by atoms with E-state index in [1.165, 1.54) is 34.6 Å². The summed E-state index contributed by atoms with van der Waals surface area (Å²) in [5.41, 5.74) is 2.95. The molecule has 2 unspecified atom stereocenters. The van der Waals surface area contributed by atoms with Gasteiger partial charge in [-0.15, -0.1) is 0 Å². The van der Waals surface area contributed by atoms with Crippen LogP contribution in [-0.2, 0) is 4.74 Å². The standard InChI is InChI=1S/C32H30NOP/c1-5-14-24(15-6-1)30-31(25-16-7-2-8-17-25)34-32(33-30)28-22-13-23-29(28)35(26-18-9-3-10-19-26)27-20-11-4-12-21-27/h1-12,14-21,28-31H,13,22-23H2/t28?,29?,30-,31-/m0/s1. The highest BCUT2D eigenvalue weighted by atomic mass is 31.1. The van der Waals surface area contributed by atoms with Crippen LogP contribution in [0.1, 0.15) is 42.5 Å². The number of benzene rings is 4. The van der Waals surface area contributed by atoms with Gasteiger partial charge in [-0.05, 0) is 48.2 Å². The third-order valence-corrected chi connectivity index (χ3v) is 10.3. The van der Waals surface area contributed by atoms with Crippen LogP contribution < -0.4 is 10.6 Å². The van der Waals surface area contributed by atoms with E-state index in [1.807, 2.05) is 0 Å². The van der Waals surface area contributed by atoms with E-state index in [4.69, 9.17) is 9.73 Å². The molecule has 2 aliphatic rings. The van der Waals surface area contributed by atoms with E-state index in [9.17, 15) is 0 Å². The minimum Gasteiger partial charge on any atom is -0.470 e. The number of ether oxygens (including phenoxy) is 1. The van der Waals surface area contributed by atoms with Gasteiger partial charge in [-0.1, -0.05) is 128 Å². The molecule has 0 bridgehead atoms. The van der Waals surface area contributed by atoms with Crippen LogP contribution in [0, 0.1) is 5.92 Å². The summed E-state index contributed by atoms with van der Waals surface area (Å²) >= 11 is 0. The molecule has 0 amide bonds. The molecule has 4 aromatic carbocycles. The Labute approximate surface area is 209 Å². The SMILES string of the molecule is c1ccc([C@@H]2N=C(C3CCCC3P(c3ccccc3)c3ccccc3)O[C@H]2c2ccccc2)cc1. The zero-order chi connectivity index (χ0) is 23.5. The highest BCUT2D eigenvalue weighted by Crippen LogP contribution is 2.53. The van der Waals surface area contributed by atoms with Crippen molar-refractivity contribution < 1.29 is 4.74 Å². The Bertz CT molecular complexity index is 1220. The fraction of sp³-hybridized carbons (Fsp3) is 0.219. The second-order valence-corrected chi connectivity index (χ2v) is 11.9. The van der Waals surface area contributed by atoms with Gasteiger partial charge in [0, 0.05) is 5.92 Å². The van der Waals surface area contributed by atoms with Crippen LogP contribution in [0.2, 0.25) is 0 Å². The molecule has 0 spiro atoms. The summed E-state index contributed by atoms with van der Waals surface area (Å²) in [6.07, 6.45) is 3.51. The molecule has 0 aromatic heterocycles. The first-order valence-corrected chi connectivity index (χ1v) is 14.0. The van der Waals surface area contributed by atoms with Crippen molar-refractivity contribution in [3.63, 3.8) is 0 Å². The lowest BCUT2D eigenvalue weighted by molar-refractivity contribution is 0.185. The third-order valence-electron chi connectivity index (χ3n) is 7.27. The number of rotatable bonds is 6. The molecular weight excluding hydrogens is 445 g/mol. The second-order valence-electron chi connectivity index (χ2n) is 9.42. The van der Waals surface area contributed by atoms with Gasteiger partial charge in [0.1, 0.15) is 6.04 Å². The van der Waals surface area contributed by atoms with Crippen molar-refractivity contribution >= 4 is 24.4 Å². The average Bonchev–Trinajstić information content (AvgIpc) is 3.59. The molecule has 1 saturated carbocycles. The van der Waals surface area contributed by atoms with Gasteiger partial charge in [-0.3, -0.25) is 0 Å². The molecule has 0 radical (unpaired) electrons. The van der Waals surface area contributed by atoms with Crippen molar-refractivity contribution in [3.8, 4) is 0 Å². The van der Waals surface area contributed by atoms with Gasteiger partial charge >= 0.3 is 0 Å². The zero-order valence-electron chi connectivity index (χ0n) is 19.8. The molecule has 1 fully saturated rings. The molecular formula is C32H30NOP. The molecule has 2 nitrogen and oxygen atoms in total. The van der Waals surface area contributed by atoms with Gasteiger partial charge in [0.25, 0.3) is 0 Å². The Balaban J connectivity index is 1.38. The molecule has 35 heavy (non-hydrogen) atoms. The van der Waals surface area contributed by atoms with Crippen LogP contribution >= 0.6 is 7.92 Å². The van der Waals surface area contributed by atoms with Gasteiger partial charge in [-0.2, -0.15) is 0 Å². The number of hydrogen-bond donors (Lipinski definition) is 0. The lowest BCUT2D eigenvalue weighted by Crippen LogP contribution is -2.29. The molecule has 4 aromatic rings. The predicted octanol–water partition coefficient (Wildman–Crippen LogP) is 7.20. The summed E-state index contributed by atoms with van der Waals surface area (Å²) in [5, 5.41) is 2.90. The van der Waals surface area contributed by atoms with E-state index in [0.717, 1.165) is 12.3 Å². The van der Waals surface area contributed by atoms with E-state index in [-0.39, 0.29) is 12.1 Å². The maximum atomic E-state index is 6.81. The fourth-order valence-electron chi connectivity index (χ4n) is 5.65. The summed E-state index contributed by atoms with van der Waals surface area (Å²) in [6.45, 7) is 0. The average molecular weight is 476 g/mol. The van der Waals surface area contributed by atoms with E-state index in [2.05, 4.69) is 121 Å². The first kappa shape index (κ1) is 22.3. The largest absolute Gasteiger partial charge is 0.470 e. The van der Waals surface area contributed by atoms with Gasteiger partial charge < -0.3 is 4.74 Å². The van der Waals surface area contributed by atoms with Crippen molar-refractivity contribution in [2.45, 2.75) is 37.1 Å². The quantitative estimate of drug-likeness (QED) is 0.270. The molecule has 0 saturated heterocycles. The van der Waals surface area contributed by atoms with Crippen molar-refractivity contribution in [2.75, 3.05) is 0 Å². The Morgan fingerprint density at radius 2 is 1.11 bits per heavy atom. The molecule has 6 rings (SSSR count). The van der Waals surface area contributed by atoms with E-state index in [1.54, 1.807) is 0 Å². The second kappa shape index (κ2) is 10.2. The van der Waals surface area contributed by atoms with Gasteiger partial charge in [-0.25, -0.2) is 4.99 Å². The van der Waals surface area contributed by atoms with E-state index in [0.29, 0.717) is 11.6 Å². The summed E-state index contributed by atoms with van der Waals surface area (Å²) in [6, 6.07) is 43.4. The molecule has 1 aliphatic heterocycles. The molecule has 1 heterocycles. The Morgan fingerprint density at radius 1 is 0.600 bits per heavy atom. The van der Waals surface area contributed by atoms with Crippen LogP contribution in [0.4, 0.5) is 0 Å². The van der Waals surface area contributed by atoms with Crippen molar-refractivity contribution in [1.29, 1.82) is 0 Å². The topological polar surface area (TPSA) is 21.6 Å². The molecule has 174 valence electrons. The maximum Gasteiger partial charge on any atom is 0.188 e. The van der Waals surface area contributed by atoms with Crippen molar-refractivity contribution in [3.05, 3.63) is 132 Å². The van der Waals surface area contributed by atoms with Crippen LogP contribution in [0.5, 0.6) is 0 Å². The van der Waals surface area contributed by atoms with Gasteiger partial charge in [0.2, 0.25) is 0 Å². The predicted molar refractivity (Wildman–Crippen MR) is 147 cm³/mol. The number of nitrogens with zero attached hydrogens (tertiary/aromatic N) is 1. The minimum atomic E-state index is -0.505. The molecule has 0 N–H and O–H groups in total. The van der Waals surface area contributed by atoms with Crippen molar-refractivity contribution in [2.24, 2.45) is 10.9 Å². The lowest BCUT2D eigenvalue weighted by atomic mass is 9.97. The third kappa shape index (κ3) is 4.56. The molecule has 1 aliphatic carbocycles. The van der Waals surface area contributed by atoms with Crippen LogP contribution in [0.25, 0.3) is 0 Å². The normalized spacial score (nSPS) is 23.7. The summed E-state index contributed by atoms with van der Waals surface area (Å²) in [4.78, 5) is 5.32. The molecule has 3 heteroatoms. The number of hydrogen-bond acceptors (Lipinski definition) is 2. The Kier molecular flexibility index (Phi) is 6.47. The molecule has 4 atom stereocenters. The smallest absolute Gasteiger partial charge is 0.188 e. The fourth-order valence-corrected chi connectivity index (χ4v) is 8.78. The summed E-state index contributed by atoms with van der Waals surface area (Å²) in [5.74, 6) is 1.32. The van der Waals surface area contributed by atoms with Crippen LogP contribution in [-0.4, -0.2) is 11.6 Å². The maximum absolute atomic E-state index is 6.81. The lowest BCUT2D eigenvalue weighted by Gasteiger charge is -2.30. The van der Waals surface area contributed by atoms with Crippen molar-refractivity contribution in [1.82, 2.24) is 0 Å². The Hall–Kier alpha value is -3.22.